The summed E-state index contributed by atoms with van der Waals surface area (Å²) in [4.78, 5) is 12.0. The number of fused-ring (bicyclic) bond motifs is 1. The summed E-state index contributed by atoms with van der Waals surface area (Å²) >= 11 is 0. The van der Waals surface area contributed by atoms with Gasteiger partial charge in [0, 0.05) is 5.92 Å². The third-order valence-electron chi connectivity index (χ3n) is 4.67. The van der Waals surface area contributed by atoms with Gasteiger partial charge in [0.1, 0.15) is 0 Å². The summed E-state index contributed by atoms with van der Waals surface area (Å²) in [5, 5.41) is 12.9. The Labute approximate surface area is 96.6 Å². The highest BCUT2D eigenvalue weighted by atomic mass is 16.3. The lowest BCUT2D eigenvalue weighted by atomic mass is 9.91. The van der Waals surface area contributed by atoms with E-state index in [1.54, 1.807) is 0 Å². The standard InChI is InChI=1S/C13H21NO2/c15-12-4-2-1-3-11(12)14-13(16)10-6-8-5-9(8)7-10/h8-12,15H,1-7H2,(H,14,16). The number of carbonyl (C=O) groups excluding carboxylic acids is 1. The molecule has 3 rings (SSSR count). The van der Waals surface area contributed by atoms with E-state index in [1.165, 1.54) is 6.42 Å². The van der Waals surface area contributed by atoms with Crippen molar-refractivity contribution >= 4 is 5.91 Å². The van der Waals surface area contributed by atoms with Crippen molar-refractivity contribution < 1.29 is 9.90 Å². The van der Waals surface area contributed by atoms with Gasteiger partial charge in [-0.1, -0.05) is 12.8 Å². The molecule has 2 N–H and O–H groups in total. The molecule has 0 aromatic heterocycles. The number of amides is 1. The highest BCUT2D eigenvalue weighted by Gasteiger charge is 2.48. The van der Waals surface area contributed by atoms with E-state index < -0.39 is 0 Å². The molecule has 0 aliphatic heterocycles. The zero-order valence-corrected chi connectivity index (χ0v) is 9.69. The third kappa shape index (κ3) is 1.97. The van der Waals surface area contributed by atoms with Crippen molar-refractivity contribution in [2.24, 2.45) is 17.8 Å². The lowest BCUT2D eigenvalue weighted by molar-refractivity contribution is -0.127. The van der Waals surface area contributed by atoms with Crippen LogP contribution in [0, 0.1) is 17.8 Å². The lowest BCUT2D eigenvalue weighted by Gasteiger charge is -2.29. The Morgan fingerprint density at radius 3 is 2.44 bits per heavy atom. The summed E-state index contributed by atoms with van der Waals surface area (Å²) in [6, 6.07) is 0.0261. The van der Waals surface area contributed by atoms with Gasteiger partial charge in [-0.25, -0.2) is 0 Å². The molecular weight excluding hydrogens is 202 g/mol. The normalized spacial score (nSPS) is 46.2. The Kier molecular flexibility index (Phi) is 2.66. The van der Waals surface area contributed by atoms with E-state index in [2.05, 4.69) is 5.32 Å². The number of aliphatic hydroxyl groups excluding tert-OH is 1. The SMILES string of the molecule is O=C(NC1CCCCC1O)C1CC2CC2C1. The molecule has 3 aliphatic carbocycles. The summed E-state index contributed by atoms with van der Waals surface area (Å²) < 4.78 is 0. The molecule has 0 heterocycles. The summed E-state index contributed by atoms with van der Waals surface area (Å²) in [5.74, 6) is 2.16. The van der Waals surface area contributed by atoms with E-state index in [-0.39, 0.29) is 24.0 Å². The first-order valence-electron chi connectivity index (χ1n) is 6.72. The molecule has 16 heavy (non-hydrogen) atoms. The first kappa shape index (κ1) is 10.6. The van der Waals surface area contributed by atoms with E-state index in [9.17, 15) is 9.90 Å². The van der Waals surface area contributed by atoms with E-state index in [0.717, 1.165) is 50.4 Å². The minimum atomic E-state index is -0.311. The molecule has 0 aromatic carbocycles. The van der Waals surface area contributed by atoms with Crippen LogP contribution < -0.4 is 5.32 Å². The molecular formula is C13H21NO2. The van der Waals surface area contributed by atoms with E-state index >= 15 is 0 Å². The van der Waals surface area contributed by atoms with Gasteiger partial charge in [-0.3, -0.25) is 4.79 Å². The van der Waals surface area contributed by atoms with Crippen LogP contribution in [-0.2, 0) is 4.79 Å². The van der Waals surface area contributed by atoms with Crippen molar-refractivity contribution in [1.82, 2.24) is 5.32 Å². The van der Waals surface area contributed by atoms with Crippen molar-refractivity contribution in [2.45, 2.75) is 57.1 Å². The second-order valence-corrected chi connectivity index (χ2v) is 5.89. The van der Waals surface area contributed by atoms with Gasteiger partial charge < -0.3 is 10.4 Å². The van der Waals surface area contributed by atoms with E-state index in [0.29, 0.717) is 0 Å². The maximum atomic E-state index is 12.0. The van der Waals surface area contributed by atoms with Crippen molar-refractivity contribution in [1.29, 1.82) is 0 Å². The molecule has 0 saturated heterocycles. The molecule has 0 radical (unpaired) electrons. The smallest absolute Gasteiger partial charge is 0.223 e. The van der Waals surface area contributed by atoms with Crippen LogP contribution in [0.15, 0.2) is 0 Å². The molecule has 0 aromatic rings. The number of hydrogen-bond acceptors (Lipinski definition) is 2. The number of aliphatic hydroxyl groups is 1. The quantitative estimate of drug-likeness (QED) is 0.744. The zero-order valence-electron chi connectivity index (χ0n) is 9.69. The van der Waals surface area contributed by atoms with Gasteiger partial charge in [-0.15, -0.1) is 0 Å². The maximum absolute atomic E-state index is 12.0. The van der Waals surface area contributed by atoms with Gasteiger partial charge in [0.15, 0.2) is 0 Å². The van der Waals surface area contributed by atoms with Gasteiger partial charge in [0.2, 0.25) is 5.91 Å². The topological polar surface area (TPSA) is 49.3 Å². The van der Waals surface area contributed by atoms with Crippen LogP contribution in [0.25, 0.3) is 0 Å². The van der Waals surface area contributed by atoms with Gasteiger partial charge in [-0.05, 0) is 43.9 Å². The third-order valence-corrected chi connectivity index (χ3v) is 4.67. The van der Waals surface area contributed by atoms with E-state index in [1.807, 2.05) is 0 Å². The average Bonchev–Trinajstić information content (AvgIpc) is 2.89. The summed E-state index contributed by atoms with van der Waals surface area (Å²) in [6.45, 7) is 0. The highest BCUT2D eigenvalue weighted by Crippen LogP contribution is 2.54. The second-order valence-electron chi connectivity index (χ2n) is 5.89. The van der Waals surface area contributed by atoms with Crippen molar-refractivity contribution in [3.8, 4) is 0 Å². The number of rotatable bonds is 2. The first-order valence-corrected chi connectivity index (χ1v) is 6.72. The van der Waals surface area contributed by atoms with Crippen LogP contribution in [0.2, 0.25) is 0 Å². The Balaban J connectivity index is 1.51. The van der Waals surface area contributed by atoms with Crippen LogP contribution in [0.5, 0.6) is 0 Å². The van der Waals surface area contributed by atoms with E-state index in [4.69, 9.17) is 0 Å². The fraction of sp³-hybridized carbons (Fsp3) is 0.923. The van der Waals surface area contributed by atoms with Gasteiger partial charge in [0.25, 0.3) is 0 Å². The minimum Gasteiger partial charge on any atom is -0.391 e. The van der Waals surface area contributed by atoms with Crippen LogP contribution in [0.4, 0.5) is 0 Å². The van der Waals surface area contributed by atoms with Crippen LogP contribution in [0.1, 0.15) is 44.9 Å². The molecule has 90 valence electrons. The summed E-state index contributed by atoms with van der Waals surface area (Å²) in [5.41, 5.74) is 0. The minimum absolute atomic E-state index is 0.0261. The fourth-order valence-corrected chi connectivity index (χ4v) is 3.51. The molecule has 3 nitrogen and oxygen atoms in total. The summed E-state index contributed by atoms with van der Waals surface area (Å²) in [7, 11) is 0. The zero-order chi connectivity index (χ0) is 11.1. The van der Waals surface area contributed by atoms with Crippen molar-refractivity contribution in [2.75, 3.05) is 0 Å². The van der Waals surface area contributed by atoms with Crippen molar-refractivity contribution in [3.63, 3.8) is 0 Å². The Morgan fingerprint density at radius 1 is 1.06 bits per heavy atom. The van der Waals surface area contributed by atoms with Gasteiger partial charge in [0.05, 0.1) is 12.1 Å². The lowest BCUT2D eigenvalue weighted by Crippen LogP contribution is -2.47. The number of hydrogen-bond donors (Lipinski definition) is 2. The second kappa shape index (κ2) is 4.02. The Bertz CT molecular complexity index is 282. The molecule has 0 spiro atoms. The number of carbonyl (C=O) groups is 1. The van der Waals surface area contributed by atoms with Crippen LogP contribution in [0.3, 0.4) is 0 Å². The molecule has 3 fully saturated rings. The molecule has 3 aliphatic rings. The fourth-order valence-electron chi connectivity index (χ4n) is 3.51. The average molecular weight is 223 g/mol. The Morgan fingerprint density at radius 2 is 1.75 bits per heavy atom. The maximum Gasteiger partial charge on any atom is 0.223 e. The molecule has 3 saturated carbocycles. The molecule has 4 unspecified atom stereocenters. The molecule has 0 bridgehead atoms. The molecule has 1 amide bonds. The number of nitrogens with one attached hydrogen (secondary N) is 1. The molecule has 4 atom stereocenters. The monoisotopic (exact) mass is 223 g/mol. The predicted molar refractivity (Wildman–Crippen MR) is 60.7 cm³/mol. The predicted octanol–water partition coefficient (Wildman–Crippen LogP) is 1.45. The van der Waals surface area contributed by atoms with Gasteiger partial charge in [-0.2, -0.15) is 0 Å². The van der Waals surface area contributed by atoms with Crippen molar-refractivity contribution in [3.05, 3.63) is 0 Å². The largest absolute Gasteiger partial charge is 0.391 e. The summed E-state index contributed by atoms with van der Waals surface area (Å²) in [6.07, 6.45) is 7.27. The highest BCUT2D eigenvalue weighted by molar-refractivity contribution is 5.79. The Hall–Kier alpha value is -0.570. The van der Waals surface area contributed by atoms with Gasteiger partial charge >= 0.3 is 0 Å². The van der Waals surface area contributed by atoms with Crippen LogP contribution in [-0.4, -0.2) is 23.2 Å². The first-order chi connectivity index (χ1) is 7.74. The van der Waals surface area contributed by atoms with Crippen LogP contribution >= 0.6 is 0 Å². The molecule has 3 heteroatoms.